The molecule has 1 atom stereocenters. The number of benzene rings is 1. The van der Waals surface area contributed by atoms with E-state index in [1.54, 1.807) is 0 Å². The van der Waals surface area contributed by atoms with Crippen molar-refractivity contribution in [3.05, 3.63) is 29.3 Å². The summed E-state index contributed by atoms with van der Waals surface area (Å²) < 4.78 is 5.41. The van der Waals surface area contributed by atoms with Crippen molar-refractivity contribution in [3.63, 3.8) is 0 Å². The molecule has 0 spiro atoms. The zero-order chi connectivity index (χ0) is 13.1. The van der Waals surface area contributed by atoms with Gasteiger partial charge in [0.2, 0.25) is 5.91 Å². The van der Waals surface area contributed by atoms with Gasteiger partial charge in [-0.15, -0.1) is 0 Å². The number of fused-ring (bicyclic) bond motifs is 1. The molecule has 1 amide bonds. The van der Waals surface area contributed by atoms with Gasteiger partial charge in [0.15, 0.2) is 0 Å². The normalized spacial score (nSPS) is 22.1. The third kappa shape index (κ3) is 3.12. The summed E-state index contributed by atoms with van der Waals surface area (Å²) in [6, 6.07) is 6.54. The lowest BCUT2D eigenvalue weighted by Crippen LogP contribution is -2.47. The summed E-state index contributed by atoms with van der Waals surface area (Å²) in [7, 11) is 0. The predicted octanol–water partition coefficient (Wildman–Crippen LogP) is 0.259. The van der Waals surface area contributed by atoms with Gasteiger partial charge in [0, 0.05) is 31.4 Å². The Morgan fingerprint density at radius 2 is 2.37 bits per heavy atom. The van der Waals surface area contributed by atoms with Gasteiger partial charge in [-0.25, -0.2) is 0 Å². The van der Waals surface area contributed by atoms with Crippen molar-refractivity contribution in [1.29, 1.82) is 0 Å². The fraction of sp³-hybridized carbons (Fsp3) is 0.500. The van der Waals surface area contributed by atoms with E-state index in [1.807, 2.05) is 6.07 Å². The number of hydrogen-bond donors (Lipinski definition) is 3. The number of ether oxygens (including phenoxy) is 1. The minimum atomic E-state index is 0.0867. The molecule has 0 bridgehead atoms. The van der Waals surface area contributed by atoms with Crippen molar-refractivity contribution >= 4 is 11.6 Å². The summed E-state index contributed by atoms with van der Waals surface area (Å²) >= 11 is 0. The van der Waals surface area contributed by atoms with Gasteiger partial charge in [-0.1, -0.05) is 12.1 Å². The minimum absolute atomic E-state index is 0.0867. The van der Waals surface area contributed by atoms with E-state index in [0.717, 1.165) is 44.1 Å². The average Bonchev–Trinajstić information content (AvgIpc) is 2.79. The third-order valence-corrected chi connectivity index (χ3v) is 3.51. The van der Waals surface area contributed by atoms with E-state index in [2.05, 4.69) is 28.1 Å². The predicted molar refractivity (Wildman–Crippen MR) is 73.1 cm³/mol. The molecular weight excluding hydrogens is 242 g/mol. The molecule has 3 rings (SSSR count). The second-order valence-electron chi connectivity index (χ2n) is 5.07. The number of anilines is 1. The standard InChI is InChI=1S/C14H19N3O2/c18-14-6-11-5-10(1-2-13(11)17-14)7-15-8-12-9-19-4-3-16-12/h1-2,5,12,15-16H,3-4,6-9H2,(H,17,18). The molecule has 1 aromatic rings. The molecule has 102 valence electrons. The van der Waals surface area contributed by atoms with Crippen LogP contribution < -0.4 is 16.0 Å². The molecule has 0 aliphatic carbocycles. The van der Waals surface area contributed by atoms with Gasteiger partial charge in [-0.2, -0.15) is 0 Å². The van der Waals surface area contributed by atoms with Gasteiger partial charge in [0.1, 0.15) is 0 Å². The van der Waals surface area contributed by atoms with E-state index < -0.39 is 0 Å². The van der Waals surface area contributed by atoms with E-state index in [-0.39, 0.29) is 5.91 Å². The van der Waals surface area contributed by atoms with Crippen LogP contribution in [0.2, 0.25) is 0 Å². The van der Waals surface area contributed by atoms with E-state index in [0.29, 0.717) is 12.5 Å². The Bertz CT molecular complexity index is 470. The molecule has 5 heteroatoms. The Hall–Kier alpha value is -1.43. The summed E-state index contributed by atoms with van der Waals surface area (Å²) in [5.74, 6) is 0.0867. The van der Waals surface area contributed by atoms with Crippen LogP contribution in [0.15, 0.2) is 18.2 Å². The SMILES string of the molecule is O=C1Cc2cc(CNCC3COCCN3)ccc2N1. The first kappa shape index (κ1) is 12.6. The summed E-state index contributed by atoms with van der Waals surface area (Å²) in [5.41, 5.74) is 3.27. The van der Waals surface area contributed by atoms with Crippen LogP contribution in [0.5, 0.6) is 0 Å². The molecule has 1 fully saturated rings. The van der Waals surface area contributed by atoms with Crippen LogP contribution in [0, 0.1) is 0 Å². The molecule has 1 saturated heterocycles. The Morgan fingerprint density at radius 1 is 1.42 bits per heavy atom. The molecule has 1 aromatic carbocycles. The molecule has 0 aromatic heterocycles. The number of amides is 1. The molecule has 2 aliphatic rings. The van der Waals surface area contributed by atoms with Crippen LogP contribution in [0.4, 0.5) is 5.69 Å². The van der Waals surface area contributed by atoms with Crippen LogP contribution in [0.25, 0.3) is 0 Å². The van der Waals surface area contributed by atoms with Gasteiger partial charge < -0.3 is 20.7 Å². The second-order valence-corrected chi connectivity index (χ2v) is 5.07. The summed E-state index contributed by atoms with van der Waals surface area (Å²) in [6.45, 7) is 4.23. The van der Waals surface area contributed by atoms with Crippen molar-refractivity contribution in [2.24, 2.45) is 0 Å². The quantitative estimate of drug-likeness (QED) is 0.727. The largest absolute Gasteiger partial charge is 0.378 e. The third-order valence-electron chi connectivity index (χ3n) is 3.51. The van der Waals surface area contributed by atoms with Gasteiger partial charge in [0.05, 0.1) is 19.6 Å². The number of hydrogen-bond acceptors (Lipinski definition) is 4. The fourth-order valence-electron chi connectivity index (χ4n) is 2.53. The summed E-state index contributed by atoms with van der Waals surface area (Å²) in [4.78, 5) is 11.3. The van der Waals surface area contributed by atoms with E-state index in [4.69, 9.17) is 4.74 Å². The number of carbonyl (C=O) groups is 1. The smallest absolute Gasteiger partial charge is 0.228 e. The van der Waals surface area contributed by atoms with Crippen molar-refractivity contribution < 1.29 is 9.53 Å². The zero-order valence-corrected chi connectivity index (χ0v) is 10.9. The maximum absolute atomic E-state index is 11.3. The summed E-state index contributed by atoms with van der Waals surface area (Å²) in [5, 5.41) is 9.68. The molecule has 0 saturated carbocycles. The van der Waals surface area contributed by atoms with Gasteiger partial charge in [-0.05, 0) is 17.2 Å². The molecule has 0 radical (unpaired) electrons. The molecule has 1 unspecified atom stereocenters. The lowest BCUT2D eigenvalue weighted by Gasteiger charge is -2.24. The second kappa shape index (κ2) is 5.69. The molecule has 3 N–H and O–H groups in total. The first-order valence-electron chi connectivity index (χ1n) is 6.75. The lowest BCUT2D eigenvalue weighted by molar-refractivity contribution is -0.115. The zero-order valence-electron chi connectivity index (χ0n) is 10.9. The van der Waals surface area contributed by atoms with Gasteiger partial charge >= 0.3 is 0 Å². The average molecular weight is 261 g/mol. The Kier molecular flexibility index (Phi) is 3.77. The highest BCUT2D eigenvalue weighted by Crippen LogP contribution is 2.23. The Labute approximate surface area is 112 Å². The number of carbonyl (C=O) groups excluding carboxylic acids is 1. The van der Waals surface area contributed by atoms with Crippen LogP contribution in [-0.4, -0.2) is 38.3 Å². The molecule has 2 aliphatic heterocycles. The molecular formula is C14H19N3O2. The Morgan fingerprint density at radius 3 is 3.21 bits per heavy atom. The van der Waals surface area contributed by atoms with Gasteiger partial charge in [0.25, 0.3) is 0 Å². The highest BCUT2D eigenvalue weighted by atomic mass is 16.5. The number of rotatable bonds is 4. The van der Waals surface area contributed by atoms with Crippen molar-refractivity contribution in [2.45, 2.75) is 19.0 Å². The Balaban J connectivity index is 1.50. The number of nitrogens with one attached hydrogen (secondary N) is 3. The van der Waals surface area contributed by atoms with Crippen LogP contribution in [0.1, 0.15) is 11.1 Å². The lowest BCUT2D eigenvalue weighted by atomic mass is 10.1. The molecule has 2 heterocycles. The first-order valence-corrected chi connectivity index (χ1v) is 6.75. The van der Waals surface area contributed by atoms with Crippen molar-refractivity contribution in [3.8, 4) is 0 Å². The molecule has 19 heavy (non-hydrogen) atoms. The van der Waals surface area contributed by atoms with E-state index in [9.17, 15) is 4.79 Å². The van der Waals surface area contributed by atoms with Crippen LogP contribution >= 0.6 is 0 Å². The highest BCUT2D eigenvalue weighted by molar-refractivity contribution is 5.99. The van der Waals surface area contributed by atoms with Crippen molar-refractivity contribution in [2.75, 3.05) is 31.6 Å². The maximum Gasteiger partial charge on any atom is 0.228 e. The monoisotopic (exact) mass is 261 g/mol. The topological polar surface area (TPSA) is 62.4 Å². The first-order chi connectivity index (χ1) is 9.31. The van der Waals surface area contributed by atoms with Gasteiger partial charge in [-0.3, -0.25) is 4.79 Å². The van der Waals surface area contributed by atoms with Crippen LogP contribution in [-0.2, 0) is 22.5 Å². The van der Waals surface area contributed by atoms with E-state index in [1.165, 1.54) is 5.56 Å². The maximum atomic E-state index is 11.3. The minimum Gasteiger partial charge on any atom is -0.378 e. The van der Waals surface area contributed by atoms with Crippen LogP contribution in [0.3, 0.4) is 0 Å². The fourth-order valence-corrected chi connectivity index (χ4v) is 2.53. The van der Waals surface area contributed by atoms with Crippen molar-refractivity contribution in [1.82, 2.24) is 10.6 Å². The highest BCUT2D eigenvalue weighted by Gasteiger charge is 2.17. The summed E-state index contributed by atoms with van der Waals surface area (Å²) in [6.07, 6.45) is 0.501. The molecule has 5 nitrogen and oxygen atoms in total. The van der Waals surface area contributed by atoms with E-state index >= 15 is 0 Å². The number of morpholine rings is 1.